The van der Waals surface area contributed by atoms with Crippen molar-refractivity contribution in [1.29, 1.82) is 0 Å². The molecule has 1 rings (SSSR count). The van der Waals surface area contributed by atoms with Crippen molar-refractivity contribution in [3.05, 3.63) is 23.8 Å². The molecule has 0 radical (unpaired) electrons. The maximum Gasteiger partial charge on any atom is 0.242 e. The van der Waals surface area contributed by atoms with Crippen LogP contribution in [0.2, 0.25) is 19.6 Å². The van der Waals surface area contributed by atoms with Gasteiger partial charge >= 0.3 is 0 Å². The molecular formula is C13H21NO3Si. The molecule has 18 heavy (non-hydrogen) atoms. The summed E-state index contributed by atoms with van der Waals surface area (Å²) in [4.78, 5) is 4.66. The monoisotopic (exact) mass is 267 g/mol. The first kappa shape index (κ1) is 14.6. The van der Waals surface area contributed by atoms with Crippen LogP contribution >= 0.6 is 0 Å². The minimum absolute atomic E-state index is 0.604. The highest BCUT2D eigenvalue weighted by Gasteiger charge is 2.18. The summed E-state index contributed by atoms with van der Waals surface area (Å²) >= 11 is 0. The molecule has 100 valence electrons. The minimum atomic E-state index is -1.64. The van der Waals surface area contributed by atoms with Gasteiger partial charge in [-0.2, -0.15) is 0 Å². The molecule has 0 heterocycles. The van der Waals surface area contributed by atoms with Crippen LogP contribution in [-0.4, -0.2) is 28.2 Å². The lowest BCUT2D eigenvalue weighted by Crippen LogP contribution is -2.29. The first-order chi connectivity index (χ1) is 8.46. The molecular weight excluding hydrogens is 246 g/mol. The second-order valence-corrected chi connectivity index (χ2v) is 9.20. The molecule has 1 aromatic carbocycles. The lowest BCUT2D eigenvalue weighted by atomic mass is 10.2. The van der Waals surface area contributed by atoms with Gasteiger partial charge in [0.2, 0.25) is 8.32 Å². The molecule has 0 unspecified atom stereocenters. The number of hydrogen-bond donors (Lipinski definition) is 0. The lowest BCUT2D eigenvalue weighted by Gasteiger charge is -2.21. The van der Waals surface area contributed by atoms with Gasteiger partial charge in [0.15, 0.2) is 5.75 Å². The zero-order valence-corrected chi connectivity index (χ0v) is 12.7. The second-order valence-electron chi connectivity index (χ2n) is 4.77. The summed E-state index contributed by atoms with van der Waals surface area (Å²) in [6.45, 7) is 8.98. The zero-order valence-electron chi connectivity index (χ0n) is 11.7. The molecule has 0 saturated carbocycles. The average molecular weight is 267 g/mol. The van der Waals surface area contributed by atoms with Crippen LogP contribution in [0.3, 0.4) is 0 Å². The van der Waals surface area contributed by atoms with Crippen molar-refractivity contribution < 1.29 is 14.0 Å². The van der Waals surface area contributed by atoms with Crippen LogP contribution in [0.15, 0.2) is 23.4 Å². The van der Waals surface area contributed by atoms with Crippen LogP contribution in [-0.2, 0) is 4.84 Å². The Hall–Kier alpha value is -1.49. The van der Waals surface area contributed by atoms with Gasteiger partial charge in [0.25, 0.3) is 0 Å². The maximum absolute atomic E-state index is 5.98. The van der Waals surface area contributed by atoms with Gasteiger partial charge < -0.3 is 14.0 Å². The second kappa shape index (κ2) is 6.44. The maximum atomic E-state index is 5.98. The average Bonchev–Trinajstić information content (AvgIpc) is 2.28. The van der Waals surface area contributed by atoms with Crippen molar-refractivity contribution >= 4 is 14.5 Å². The largest absolute Gasteiger partial charge is 0.542 e. The van der Waals surface area contributed by atoms with E-state index in [9.17, 15) is 0 Å². The molecule has 0 aliphatic heterocycles. The Morgan fingerprint density at radius 2 is 1.94 bits per heavy atom. The molecule has 5 heteroatoms. The Labute approximate surface area is 110 Å². The van der Waals surface area contributed by atoms with Crippen molar-refractivity contribution in [2.45, 2.75) is 26.6 Å². The predicted octanol–water partition coefficient (Wildman–Crippen LogP) is 3.28. The molecule has 4 nitrogen and oxygen atoms in total. The summed E-state index contributed by atoms with van der Waals surface area (Å²) in [6, 6.07) is 5.75. The summed E-state index contributed by atoms with van der Waals surface area (Å²) in [5, 5.41) is 3.73. The number of hydrogen-bond acceptors (Lipinski definition) is 4. The van der Waals surface area contributed by atoms with Crippen LogP contribution in [0.1, 0.15) is 12.5 Å². The summed E-state index contributed by atoms with van der Waals surface area (Å²) in [7, 11) is -0.123. The van der Waals surface area contributed by atoms with Gasteiger partial charge in [-0.05, 0) is 44.8 Å². The molecule has 0 amide bonds. The Morgan fingerprint density at radius 1 is 1.22 bits per heavy atom. The molecule has 0 fully saturated rings. The van der Waals surface area contributed by atoms with Gasteiger partial charge in [-0.15, -0.1) is 0 Å². The number of benzene rings is 1. The SMILES string of the molecule is CCOc1cc(C=NOC)ccc1O[Si](C)(C)C. The van der Waals surface area contributed by atoms with E-state index in [0.29, 0.717) is 6.61 Å². The van der Waals surface area contributed by atoms with Crippen molar-refractivity contribution in [1.82, 2.24) is 0 Å². The molecule has 0 aliphatic rings. The summed E-state index contributed by atoms with van der Waals surface area (Å²) < 4.78 is 11.6. The number of oxime groups is 1. The van der Waals surface area contributed by atoms with E-state index in [0.717, 1.165) is 17.1 Å². The third-order valence-electron chi connectivity index (χ3n) is 1.99. The topological polar surface area (TPSA) is 40.0 Å². The Morgan fingerprint density at radius 3 is 2.50 bits per heavy atom. The van der Waals surface area contributed by atoms with Crippen LogP contribution in [0.25, 0.3) is 0 Å². The molecule has 0 atom stereocenters. The van der Waals surface area contributed by atoms with Gasteiger partial charge in [-0.1, -0.05) is 5.16 Å². The summed E-state index contributed by atoms with van der Waals surface area (Å²) in [6.07, 6.45) is 1.64. The van der Waals surface area contributed by atoms with Gasteiger partial charge in [-0.25, -0.2) is 0 Å². The standard InChI is InChI=1S/C13H21NO3Si/c1-6-16-13-9-11(10-14-15-2)7-8-12(13)17-18(3,4)5/h7-10H,6H2,1-5H3. The minimum Gasteiger partial charge on any atom is -0.542 e. The molecule has 0 spiro atoms. The van der Waals surface area contributed by atoms with Crippen molar-refractivity contribution in [2.75, 3.05) is 13.7 Å². The fraction of sp³-hybridized carbons (Fsp3) is 0.462. The fourth-order valence-corrected chi connectivity index (χ4v) is 2.23. The molecule has 0 saturated heterocycles. The van der Waals surface area contributed by atoms with Crippen molar-refractivity contribution in [3.8, 4) is 11.5 Å². The highest BCUT2D eigenvalue weighted by molar-refractivity contribution is 6.70. The van der Waals surface area contributed by atoms with Crippen LogP contribution in [0.4, 0.5) is 0 Å². The lowest BCUT2D eigenvalue weighted by molar-refractivity contribution is 0.215. The van der Waals surface area contributed by atoms with Crippen LogP contribution < -0.4 is 9.16 Å². The van der Waals surface area contributed by atoms with Crippen LogP contribution in [0.5, 0.6) is 11.5 Å². The first-order valence-electron chi connectivity index (χ1n) is 5.98. The Balaban J connectivity index is 3.00. The Kier molecular flexibility index (Phi) is 5.21. The number of rotatable bonds is 6. The number of ether oxygens (including phenoxy) is 1. The quantitative estimate of drug-likeness (QED) is 0.451. The fourth-order valence-electron chi connectivity index (χ4n) is 1.40. The van der Waals surface area contributed by atoms with E-state index in [-0.39, 0.29) is 0 Å². The van der Waals surface area contributed by atoms with Gasteiger partial charge in [0, 0.05) is 5.56 Å². The van der Waals surface area contributed by atoms with E-state index in [1.54, 1.807) is 6.21 Å². The third-order valence-corrected chi connectivity index (χ3v) is 2.82. The van der Waals surface area contributed by atoms with Gasteiger partial charge in [0.05, 0.1) is 12.8 Å². The van der Waals surface area contributed by atoms with E-state index in [1.165, 1.54) is 7.11 Å². The molecule has 0 bridgehead atoms. The highest BCUT2D eigenvalue weighted by atomic mass is 28.4. The van der Waals surface area contributed by atoms with E-state index in [4.69, 9.17) is 9.16 Å². The van der Waals surface area contributed by atoms with Gasteiger partial charge in [-0.3, -0.25) is 0 Å². The molecule has 1 aromatic rings. The summed E-state index contributed by atoms with van der Waals surface area (Å²) in [5.41, 5.74) is 0.920. The van der Waals surface area contributed by atoms with E-state index >= 15 is 0 Å². The predicted molar refractivity (Wildman–Crippen MR) is 76.2 cm³/mol. The van der Waals surface area contributed by atoms with E-state index in [2.05, 4.69) is 29.6 Å². The van der Waals surface area contributed by atoms with Crippen LogP contribution in [0, 0.1) is 0 Å². The zero-order chi connectivity index (χ0) is 13.6. The van der Waals surface area contributed by atoms with E-state index in [1.807, 2.05) is 25.1 Å². The van der Waals surface area contributed by atoms with Gasteiger partial charge in [0.1, 0.15) is 12.9 Å². The molecule has 0 aromatic heterocycles. The summed E-state index contributed by atoms with van der Waals surface area (Å²) in [5.74, 6) is 1.55. The smallest absolute Gasteiger partial charge is 0.242 e. The van der Waals surface area contributed by atoms with Crippen molar-refractivity contribution in [3.63, 3.8) is 0 Å². The first-order valence-corrected chi connectivity index (χ1v) is 9.39. The van der Waals surface area contributed by atoms with E-state index < -0.39 is 8.32 Å². The normalized spacial score (nSPS) is 11.6. The van der Waals surface area contributed by atoms with Crippen molar-refractivity contribution in [2.24, 2.45) is 5.16 Å². The Bertz CT molecular complexity index is 413. The third kappa shape index (κ3) is 4.79. The highest BCUT2D eigenvalue weighted by Crippen LogP contribution is 2.30. The number of nitrogens with zero attached hydrogens (tertiary/aromatic N) is 1. The molecule has 0 N–H and O–H groups in total. The molecule has 0 aliphatic carbocycles.